The molecule has 2 aromatic carbocycles. The van der Waals surface area contributed by atoms with Crippen LogP contribution in [0.2, 0.25) is 0 Å². The number of benzene rings is 2. The third-order valence-corrected chi connectivity index (χ3v) is 3.56. The molecule has 0 aliphatic rings. The van der Waals surface area contributed by atoms with Gasteiger partial charge in [0.15, 0.2) is 6.61 Å². The van der Waals surface area contributed by atoms with Gasteiger partial charge in [-0.3, -0.25) is 4.79 Å². The normalized spacial score (nSPS) is 10.7. The van der Waals surface area contributed by atoms with Gasteiger partial charge in [0, 0.05) is 11.6 Å². The van der Waals surface area contributed by atoms with E-state index in [0.29, 0.717) is 17.1 Å². The number of anilines is 1. The Balaban J connectivity index is 1.93. The summed E-state index contributed by atoms with van der Waals surface area (Å²) >= 11 is 0. The van der Waals surface area contributed by atoms with Gasteiger partial charge in [0.2, 0.25) is 0 Å². The first-order chi connectivity index (χ1) is 13.9. The average molecular weight is 407 g/mol. The Morgan fingerprint density at radius 2 is 1.83 bits per heavy atom. The van der Waals surface area contributed by atoms with E-state index in [9.17, 15) is 18.4 Å². The summed E-state index contributed by atoms with van der Waals surface area (Å²) < 4.78 is 44.2. The summed E-state index contributed by atoms with van der Waals surface area (Å²) in [5.41, 5.74) is 0.608. The second-order valence-corrected chi connectivity index (χ2v) is 5.47. The van der Waals surface area contributed by atoms with E-state index in [1.165, 1.54) is 44.6 Å². The number of esters is 1. The summed E-state index contributed by atoms with van der Waals surface area (Å²) in [5.74, 6) is -0.600. The predicted octanol–water partition coefficient (Wildman–Crippen LogP) is 3.50. The highest BCUT2D eigenvalue weighted by atomic mass is 19.3. The van der Waals surface area contributed by atoms with Gasteiger partial charge in [-0.25, -0.2) is 4.79 Å². The third-order valence-electron chi connectivity index (χ3n) is 3.56. The van der Waals surface area contributed by atoms with Crippen molar-refractivity contribution in [3.05, 3.63) is 54.1 Å². The van der Waals surface area contributed by atoms with Crippen molar-refractivity contribution >= 4 is 23.6 Å². The lowest BCUT2D eigenvalue weighted by molar-refractivity contribution is -0.142. The lowest BCUT2D eigenvalue weighted by atomic mass is 10.1. The first kappa shape index (κ1) is 21.7. The summed E-state index contributed by atoms with van der Waals surface area (Å²) in [7, 11) is 2.99. The molecule has 0 atom stereocenters. The molecule has 0 aliphatic heterocycles. The Hall–Kier alpha value is -3.62. The molecule has 1 amide bonds. The third kappa shape index (κ3) is 6.80. The van der Waals surface area contributed by atoms with Crippen molar-refractivity contribution in [2.75, 3.05) is 26.1 Å². The minimum Gasteiger partial charge on any atom is -0.497 e. The Bertz CT molecular complexity index is 885. The molecule has 2 rings (SSSR count). The van der Waals surface area contributed by atoms with E-state index in [-0.39, 0.29) is 11.4 Å². The number of nitrogens with one attached hydrogen (secondary N) is 1. The molecule has 0 fully saturated rings. The number of alkyl halides is 2. The van der Waals surface area contributed by atoms with Crippen LogP contribution in [-0.4, -0.2) is 39.3 Å². The maximum absolute atomic E-state index is 12.4. The lowest BCUT2D eigenvalue weighted by Crippen LogP contribution is -2.20. The molecule has 0 radical (unpaired) electrons. The molecule has 9 heteroatoms. The smallest absolute Gasteiger partial charge is 0.387 e. The van der Waals surface area contributed by atoms with Crippen LogP contribution in [0.4, 0.5) is 14.5 Å². The molecule has 0 unspecified atom stereocenters. The highest BCUT2D eigenvalue weighted by Gasteiger charge is 2.12. The predicted molar refractivity (Wildman–Crippen MR) is 101 cm³/mol. The van der Waals surface area contributed by atoms with Gasteiger partial charge >= 0.3 is 12.6 Å². The highest BCUT2D eigenvalue weighted by molar-refractivity contribution is 5.95. The van der Waals surface area contributed by atoms with Crippen LogP contribution in [0.5, 0.6) is 17.2 Å². The van der Waals surface area contributed by atoms with E-state index in [2.05, 4.69) is 10.1 Å². The van der Waals surface area contributed by atoms with Gasteiger partial charge in [-0.1, -0.05) is 12.1 Å². The molecule has 7 nitrogen and oxygen atoms in total. The molecule has 0 spiro atoms. The van der Waals surface area contributed by atoms with E-state index in [1.54, 1.807) is 18.2 Å². The molecule has 0 aliphatic carbocycles. The lowest BCUT2D eigenvalue weighted by Gasteiger charge is -2.11. The molecule has 0 heterocycles. The summed E-state index contributed by atoms with van der Waals surface area (Å²) in [6.07, 6.45) is 2.58. The second-order valence-electron chi connectivity index (χ2n) is 5.47. The Morgan fingerprint density at radius 1 is 1.07 bits per heavy atom. The number of amides is 1. The maximum atomic E-state index is 12.4. The van der Waals surface area contributed by atoms with Gasteiger partial charge in [-0.05, 0) is 36.4 Å². The number of hydrogen-bond acceptors (Lipinski definition) is 6. The SMILES string of the molecule is COc1ccc(OC)c(/C=C/C(=O)OCC(=O)Nc2ccccc2OC(F)F)c1. The number of carbonyl (C=O) groups excluding carboxylic acids is 2. The van der Waals surface area contributed by atoms with Crippen molar-refractivity contribution < 1.29 is 37.3 Å². The molecular weight excluding hydrogens is 388 g/mol. The topological polar surface area (TPSA) is 83.1 Å². The van der Waals surface area contributed by atoms with Crippen LogP contribution in [0.15, 0.2) is 48.5 Å². The van der Waals surface area contributed by atoms with Gasteiger partial charge in [-0.2, -0.15) is 8.78 Å². The number of halogens is 2. The van der Waals surface area contributed by atoms with Crippen molar-refractivity contribution in [1.29, 1.82) is 0 Å². The van der Waals surface area contributed by atoms with Crippen molar-refractivity contribution in [2.24, 2.45) is 0 Å². The van der Waals surface area contributed by atoms with Crippen LogP contribution < -0.4 is 19.5 Å². The number of rotatable bonds is 9. The Kier molecular flexibility index (Phi) is 7.96. The summed E-state index contributed by atoms with van der Waals surface area (Å²) in [4.78, 5) is 23.8. The van der Waals surface area contributed by atoms with Crippen molar-refractivity contribution in [3.63, 3.8) is 0 Å². The molecule has 2 aromatic rings. The van der Waals surface area contributed by atoms with Crippen LogP contribution in [0.1, 0.15) is 5.56 Å². The molecule has 0 bridgehead atoms. The fourth-order valence-corrected chi connectivity index (χ4v) is 2.27. The molecule has 0 aromatic heterocycles. The zero-order valence-electron chi connectivity index (χ0n) is 15.7. The van der Waals surface area contributed by atoms with Gasteiger partial charge in [0.05, 0.1) is 19.9 Å². The minimum atomic E-state index is -3.04. The van der Waals surface area contributed by atoms with Crippen LogP contribution >= 0.6 is 0 Å². The largest absolute Gasteiger partial charge is 0.497 e. The monoisotopic (exact) mass is 407 g/mol. The summed E-state index contributed by atoms with van der Waals surface area (Å²) in [6.45, 7) is -3.65. The molecule has 154 valence electrons. The van der Waals surface area contributed by atoms with E-state index >= 15 is 0 Å². The molecule has 0 saturated carbocycles. The van der Waals surface area contributed by atoms with Crippen LogP contribution in [0, 0.1) is 0 Å². The van der Waals surface area contributed by atoms with Crippen LogP contribution in [0.3, 0.4) is 0 Å². The zero-order chi connectivity index (χ0) is 21.2. The Labute approximate surface area is 165 Å². The number of carbonyl (C=O) groups is 2. The van der Waals surface area contributed by atoms with E-state index in [0.717, 1.165) is 6.08 Å². The van der Waals surface area contributed by atoms with Crippen LogP contribution in [0.25, 0.3) is 6.08 Å². The minimum absolute atomic E-state index is 0.0329. The van der Waals surface area contributed by atoms with Crippen molar-refractivity contribution in [3.8, 4) is 17.2 Å². The molecule has 1 N–H and O–H groups in total. The summed E-state index contributed by atoms with van der Waals surface area (Å²) in [5, 5.41) is 2.34. The molecule has 0 saturated heterocycles. The van der Waals surface area contributed by atoms with Crippen LogP contribution in [-0.2, 0) is 14.3 Å². The highest BCUT2D eigenvalue weighted by Crippen LogP contribution is 2.26. The second kappa shape index (κ2) is 10.6. The van der Waals surface area contributed by atoms with Gasteiger partial charge in [0.1, 0.15) is 17.2 Å². The number of ether oxygens (including phenoxy) is 4. The molecule has 29 heavy (non-hydrogen) atoms. The number of methoxy groups -OCH3 is 2. The number of para-hydroxylation sites is 2. The fourth-order valence-electron chi connectivity index (χ4n) is 2.27. The number of hydrogen-bond donors (Lipinski definition) is 1. The zero-order valence-corrected chi connectivity index (χ0v) is 15.7. The van der Waals surface area contributed by atoms with E-state index in [1.807, 2.05) is 0 Å². The van der Waals surface area contributed by atoms with Crippen molar-refractivity contribution in [2.45, 2.75) is 6.61 Å². The Morgan fingerprint density at radius 3 is 2.52 bits per heavy atom. The quantitative estimate of drug-likeness (QED) is 0.506. The van der Waals surface area contributed by atoms with Gasteiger partial charge < -0.3 is 24.3 Å². The van der Waals surface area contributed by atoms with E-state index < -0.39 is 25.1 Å². The van der Waals surface area contributed by atoms with E-state index in [4.69, 9.17) is 14.2 Å². The standard InChI is InChI=1S/C20H19F2NO6/c1-26-14-8-9-16(27-2)13(11-14)7-10-19(25)28-12-18(24)23-15-5-3-4-6-17(15)29-20(21)22/h3-11,20H,12H2,1-2H3,(H,23,24)/b10-7+. The fraction of sp³-hybridized carbons (Fsp3) is 0.200. The van der Waals surface area contributed by atoms with Crippen molar-refractivity contribution in [1.82, 2.24) is 0 Å². The summed E-state index contributed by atoms with van der Waals surface area (Å²) in [6, 6.07) is 10.7. The maximum Gasteiger partial charge on any atom is 0.387 e. The van der Waals surface area contributed by atoms with Gasteiger partial charge in [0.25, 0.3) is 5.91 Å². The first-order valence-electron chi connectivity index (χ1n) is 8.33. The first-order valence-corrected chi connectivity index (χ1v) is 8.33. The van der Waals surface area contributed by atoms with Gasteiger partial charge in [-0.15, -0.1) is 0 Å². The molecular formula is C20H19F2NO6. The average Bonchev–Trinajstić information content (AvgIpc) is 2.71.